The summed E-state index contributed by atoms with van der Waals surface area (Å²) in [5, 5.41) is 11.3. The molecule has 1 aliphatic carbocycles. The quantitative estimate of drug-likeness (QED) is 0.496. The molecule has 0 aromatic carbocycles. The fourth-order valence-corrected chi connectivity index (χ4v) is 1.17. The van der Waals surface area contributed by atoms with E-state index in [0.29, 0.717) is 6.42 Å². The van der Waals surface area contributed by atoms with Gasteiger partial charge in [-0.3, -0.25) is 0 Å². The van der Waals surface area contributed by atoms with Crippen LogP contribution < -0.4 is 0 Å². The molecule has 1 saturated carbocycles. The molecule has 0 aliphatic heterocycles. The summed E-state index contributed by atoms with van der Waals surface area (Å²) in [4.78, 5) is 9.91. The Bertz CT molecular complexity index is 150. The van der Waals surface area contributed by atoms with Gasteiger partial charge < -0.3 is 0 Å². The second-order valence-corrected chi connectivity index (χ2v) is 2.40. The van der Waals surface area contributed by atoms with Gasteiger partial charge in [0.25, 0.3) is 0 Å². The zero-order chi connectivity index (χ0) is 6.69. The standard InChI is InChI=1S/C6H8N2O/c7-4-5-1-2-6(3-5)8-9/h5-6H,1-3H2. The Morgan fingerprint density at radius 3 is 2.67 bits per heavy atom. The van der Waals surface area contributed by atoms with Crippen LogP contribution in [0.5, 0.6) is 0 Å². The molecule has 48 valence electrons. The molecule has 1 fully saturated rings. The van der Waals surface area contributed by atoms with Gasteiger partial charge in [-0.2, -0.15) is 10.2 Å². The van der Waals surface area contributed by atoms with Crippen LogP contribution in [0.4, 0.5) is 0 Å². The number of nitroso groups, excluding NO2 is 1. The van der Waals surface area contributed by atoms with Gasteiger partial charge in [0.1, 0.15) is 0 Å². The lowest BCUT2D eigenvalue weighted by atomic mass is 10.1. The number of nitrogens with zero attached hydrogens (tertiary/aromatic N) is 2. The van der Waals surface area contributed by atoms with E-state index in [9.17, 15) is 4.91 Å². The van der Waals surface area contributed by atoms with Crippen molar-refractivity contribution in [3.05, 3.63) is 4.91 Å². The molecule has 0 N–H and O–H groups in total. The number of hydrogen-bond donors (Lipinski definition) is 0. The average Bonchev–Trinajstić information content (AvgIpc) is 2.34. The minimum Gasteiger partial charge on any atom is -0.198 e. The van der Waals surface area contributed by atoms with E-state index in [0.717, 1.165) is 12.8 Å². The third kappa shape index (κ3) is 1.26. The molecule has 0 aromatic heterocycles. The topological polar surface area (TPSA) is 53.2 Å². The van der Waals surface area contributed by atoms with Crippen LogP contribution in [-0.2, 0) is 0 Å². The van der Waals surface area contributed by atoms with E-state index in [1.807, 2.05) is 0 Å². The molecule has 0 spiro atoms. The van der Waals surface area contributed by atoms with Crippen LogP contribution in [0.2, 0.25) is 0 Å². The molecule has 0 saturated heterocycles. The van der Waals surface area contributed by atoms with Gasteiger partial charge in [-0.05, 0) is 19.3 Å². The molecule has 1 aliphatic rings. The Hall–Kier alpha value is -0.910. The van der Waals surface area contributed by atoms with E-state index in [4.69, 9.17) is 5.26 Å². The highest BCUT2D eigenvalue weighted by atomic mass is 16.3. The van der Waals surface area contributed by atoms with Crippen molar-refractivity contribution in [2.75, 3.05) is 0 Å². The summed E-state index contributed by atoms with van der Waals surface area (Å²) in [5.41, 5.74) is 0. The van der Waals surface area contributed by atoms with Gasteiger partial charge in [0, 0.05) is 5.92 Å². The fraction of sp³-hybridized carbons (Fsp3) is 0.833. The normalized spacial score (nSPS) is 33.7. The maximum absolute atomic E-state index is 9.91. The summed E-state index contributed by atoms with van der Waals surface area (Å²) in [6, 6.07) is 2.05. The van der Waals surface area contributed by atoms with Crippen molar-refractivity contribution in [3.8, 4) is 6.07 Å². The summed E-state index contributed by atoms with van der Waals surface area (Å²) in [6.45, 7) is 0. The second-order valence-electron chi connectivity index (χ2n) is 2.40. The molecule has 2 unspecified atom stereocenters. The summed E-state index contributed by atoms with van der Waals surface area (Å²) in [5.74, 6) is 0.0905. The lowest BCUT2D eigenvalue weighted by Crippen LogP contribution is -1.95. The SMILES string of the molecule is N#CC1CCC(N=O)C1. The highest BCUT2D eigenvalue weighted by molar-refractivity contribution is 4.92. The first-order valence-electron chi connectivity index (χ1n) is 3.09. The van der Waals surface area contributed by atoms with E-state index in [1.165, 1.54) is 0 Å². The molecule has 0 radical (unpaired) electrons. The van der Waals surface area contributed by atoms with Crippen molar-refractivity contribution in [1.29, 1.82) is 5.26 Å². The third-order valence-corrected chi connectivity index (χ3v) is 1.74. The second kappa shape index (κ2) is 2.58. The summed E-state index contributed by atoms with van der Waals surface area (Å²) in [7, 11) is 0. The van der Waals surface area contributed by atoms with Gasteiger partial charge in [-0.15, -0.1) is 0 Å². The van der Waals surface area contributed by atoms with Gasteiger partial charge in [0.2, 0.25) is 0 Å². The largest absolute Gasteiger partial charge is 0.198 e. The monoisotopic (exact) mass is 124 g/mol. The first-order chi connectivity index (χ1) is 4.36. The van der Waals surface area contributed by atoms with Crippen molar-refractivity contribution in [2.45, 2.75) is 25.3 Å². The zero-order valence-electron chi connectivity index (χ0n) is 5.08. The van der Waals surface area contributed by atoms with Crippen LogP contribution >= 0.6 is 0 Å². The molecule has 0 bridgehead atoms. The lowest BCUT2D eigenvalue weighted by Gasteiger charge is -1.92. The first-order valence-corrected chi connectivity index (χ1v) is 3.09. The molecule has 2 atom stereocenters. The van der Waals surface area contributed by atoms with E-state index >= 15 is 0 Å². The molecule has 9 heavy (non-hydrogen) atoms. The molecule has 1 rings (SSSR count). The van der Waals surface area contributed by atoms with Crippen LogP contribution in [0.1, 0.15) is 19.3 Å². The maximum atomic E-state index is 9.91. The Morgan fingerprint density at radius 1 is 1.56 bits per heavy atom. The van der Waals surface area contributed by atoms with Gasteiger partial charge in [-0.1, -0.05) is 5.18 Å². The van der Waals surface area contributed by atoms with Gasteiger partial charge in [0.05, 0.1) is 12.1 Å². The number of rotatable bonds is 1. The molecular formula is C6H8N2O. The minimum absolute atomic E-state index is 0.0744. The molecule has 0 heterocycles. The molecule has 3 heteroatoms. The predicted molar refractivity (Wildman–Crippen MR) is 32.5 cm³/mol. The van der Waals surface area contributed by atoms with Crippen molar-refractivity contribution >= 4 is 0 Å². The van der Waals surface area contributed by atoms with Crippen LogP contribution in [0, 0.1) is 22.2 Å². The Kier molecular flexibility index (Phi) is 1.78. The van der Waals surface area contributed by atoms with Crippen LogP contribution in [0.15, 0.2) is 5.18 Å². The minimum atomic E-state index is -0.0744. The van der Waals surface area contributed by atoms with Crippen molar-refractivity contribution in [3.63, 3.8) is 0 Å². The van der Waals surface area contributed by atoms with Crippen molar-refractivity contribution in [1.82, 2.24) is 0 Å². The van der Waals surface area contributed by atoms with E-state index in [2.05, 4.69) is 11.2 Å². The summed E-state index contributed by atoms with van der Waals surface area (Å²) < 4.78 is 0. The average molecular weight is 124 g/mol. The zero-order valence-corrected chi connectivity index (χ0v) is 5.08. The molecule has 3 nitrogen and oxygen atoms in total. The van der Waals surface area contributed by atoms with Crippen LogP contribution in [0.3, 0.4) is 0 Å². The van der Waals surface area contributed by atoms with Crippen molar-refractivity contribution < 1.29 is 0 Å². The summed E-state index contributed by atoms with van der Waals surface area (Å²) >= 11 is 0. The van der Waals surface area contributed by atoms with Crippen LogP contribution in [-0.4, -0.2) is 6.04 Å². The van der Waals surface area contributed by atoms with Gasteiger partial charge in [0.15, 0.2) is 0 Å². The van der Waals surface area contributed by atoms with Crippen molar-refractivity contribution in [2.24, 2.45) is 11.1 Å². The maximum Gasteiger partial charge on any atom is 0.0932 e. The summed E-state index contributed by atoms with van der Waals surface area (Å²) in [6.07, 6.45) is 2.34. The molecule has 0 amide bonds. The first kappa shape index (κ1) is 6.21. The highest BCUT2D eigenvalue weighted by Gasteiger charge is 2.24. The Labute approximate surface area is 53.6 Å². The fourth-order valence-electron chi connectivity index (χ4n) is 1.17. The molecule has 0 aromatic rings. The third-order valence-electron chi connectivity index (χ3n) is 1.74. The Balaban J connectivity index is 2.39. The lowest BCUT2D eigenvalue weighted by molar-refractivity contribution is 0.660. The van der Waals surface area contributed by atoms with Gasteiger partial charge in [-0.25, -0.2) is 0 Å². The predicted octanol–water partition coefficient (Wildman–Crippen LogP) is 1.45. The van der Waals surface area contributed by atoms with E-state index < -0.39 is 0 Å². The highest BCUT2D eigenvalue weighted by Crippen LogP contribution is 2.26. The Morgan fingerprint density at radius 2 is 2.33 bits per heavy atom. The van der Waals surface area contributed by atoms with E-state index in [-0.39, 0.29) is 12.0 Å². The van der Waals surface area contributed by atoms with Crippen LogP contribution in [0.25, 0.3) is 0 Å². The van der Waals surface area contributed by atoms with E-state index in [1.54, 1.807) is 0 Å². The smallest absolute Gasteiger partial charge is 0.0932 e. The molecular weight excluding hydrogens is 116 g/mol. The number of nitriles is 1. The number of hydrogen-bond acceptors (Lipinski definition) is 3. The van der Waals surface area contributed by atoms with Gasteiger partial charge >= 0.3 is 0 Å².